The molecule has 1 amide bonds. The van der Waals surface area contributed by atoms with Crippen LogP contribution in [0.4, 0.5) is 5.69 Å². The molecule has 4 aromatic carbocycles. The van der Waals surface area contributed by atoms with Crippen molar-refractivity contribution in [2.75, 3.05) is 26.6 Å². The summed E-state index contributed by atoms with van der Waals surface area (Å²) in [6.45, 7) is 1.34. The van der Waals surface area contributed by atoms with Crippen LogP contribution in [0.1, 0.15) is 17.3 Å². The highest BCUT2D eigenvalue weighted by molar-refractivity contribution is 6.06. The number of anilines is 1. The number of aromatic nitrogens is 2. The van der Waals surface area contributed by atoms with Gasteiger partial charge in [-0.25, -0.2) is 0 Å². The molecule has 0 radical (unpaired) electrons. The number of methoxy groups -OCH3 is 3. The van der Waals surface area contributed by atoms with Crippen LogP contribution in [0.5, 0.6) is 23.1 Å². The van der Waals surface area contributed by atoms with Crippen molar-refractivity contribution in [2.24, 2.45) is 0 Å². The monoisotopic (exact) mass is 563 g/mol. The van der Waals surface area contributed by atoms with E-state index in [9.17, 15) is 9.59 Å². The number of hydrogen-bond donors (Lipinski definition) is 1. The van der Waals surface area contributed by atoms with Gasteiger partial charge in [-0.1, -0.05) is 42.5 Å². The van der Waals surface area contributed by atoms with Crippen molar-refractivity contribution in [2.45, 2.75) is 6.92 Å². The summed E-state index contributed by atoms with van der Waals surface area (Å²) in [5.41, 5.74) is 4.17. The van der Waals surface area contributed by atoms with Crippen molar-refractivity contribution in [1.82, 2.24) is 9.78 Å². The second kappa shape index (κ2) is 12.3. The molecular formula is C33H29N3O6. The van der Waals surface area contributed by atoms with E-state index in [1.165, 1.54) is 14.0 Å². The van der Waals surface area contributed by atoms with E-state index in [0.29, 0.717) is 56.6 Å². The van der Waals surface area contributed by atoms with Crippen LogP contribution in [-0.2, 0) is 4.79 Å². The summed E-state index contributed by atoms with van der Waals surface area (Å²) in [5.74, 6) is 1.07. The Morgan fingerprint density at radius 1 is 0.762 bits per heavy atom. The Morgan fingerprint density at radius 3 is 2.12 bits per heavy atom. The number of hydrogen-bond acceptors (Lipinski definition) is 7. The van der Waals surface area contributed by atoms with E-state index in [4.69, 9.17) is 24.0 Å². The quantitative estimate of drug-likeness (QED) is 0.207. The molecule has 9 heteroatoms. The number of para-hydroxylation sites is 2. The third-order valence-electron chi connectivity index (χ3n) is 6.53. The van der Waals surface area contributed by atoms with Crippen LogP contribution < -0.4 is 24.3 Å². The van der Waals surface area contributed by atoms with Crippen LogP contribution in [-0.4, -0.2) is 43.0 Å². The van der Waals surface area contributed by atoms with E-state index in [-0.39, 0.29) is 11.8 Å². The Labute approximate surface area is 243 Å². The molecule has 0 aliphatic rings. The SMILES string of the molecule is COc1ccc(-c2nn(-c3ccccc3)c(OC(C)=O)c2-c2ccc(NC(=O)c3ccccc3OC)cc2)c(OC)c1. The number of carbonyl (C=O) groups excluding carboxylic acids is 2. The summed E-state index contributed by atoms with van der Waals surface area (Å²) in [6, 6.07) is 29.0. The molecule has 0 saturated carbocycles. The van der Waals surface area contributed by atoms with E-state index in [1.54, 1.807) is 61.4 Å². The molecule has 9 nitrogen and oxygen atoms in total. The number of amides is 1. The second-order valence-electron chi connectivity index (χ2n) is 9.17. The predicted molar refractivity (Wildman–Crippen MR) is 160 cm³/mol. The predicted octanol–water partition coefficient (Wildman–Crippen LogP) is 6.41. The van der Waals surface area contributed by atoms with Crippen LogP contribution in [0.2, 0.25) is 0 Å². The van der Waals surface area contributed by atoms with E-state index in [0.717, 1.165) is 0 Å². The normalized spacial score (nSPS) is 10.6. The Balaban J connectivity index is 1.64. The number of nitrogens with zero attached hydrogens (tertiary/aromatic N) is 2. The molecule has 0 atom stereocenters. The van der Waals surface area contributed by atoms with Gasteiger partial charge in [-0.05, 0) is 54.1 Å². The Bertz CT molecular complexity index is 1730. The van der Waals surface area contributed by atoms with Crippen molar-refractivity contribution < 1.29 is 28.5 Å². The summed E-state index contributed by atoms with van der Waals surface area (Å²) in [6.07, 6.45) is 0. The first-order chi connectivity index (χ1) is 20.4. The Hall–Kier alpha value is -5.57. The molecule has 1 N–H and O–H groups in total. The van der Waals surface area contributed by atoms with E-state index in [2.05, 4.69) is 5.32 Å². The lowest BCUT2D eigenvalue weighted by atomic mass is 10.00. The molecule has 0 fully saturated rings. The van der Waals surface area contributed by atoms with E-state index >= 15 is 0 Å². The number of carbonyl (C=O) groups is 2. The summed E-state index contributed by atoms with van der Waals surface area (Å²) < 4.78 is 23.8. The number of esters is 1. The van der Waals surface area contributed by atoms with Crippen LogP contribution in [0.15, 0.2) is 97.1 Å². The van der Waals surface area contributed by atoms with Crippen molar-refractivity contribution in [1.29, 1.82) is 0 Å². The van der Waals surface area contributed by atoms with E-state index < -0.39 is 5.97 Å². The molecule has 1 heterocycles. The van der Waals surface area contributed by atoms with Crippen LogP contribution in [0, 0.1) is 0 Å². The minimum Gasteiger partial charge on any atom is -0.497 e. The minimum absolute atomic E-state index is 0.243. The largest absolute Gasteiger partial charge is 0.497 e. The van der Waals surface area contributed by atoms with E-state index in [1.807, 2.05) is 54.6 Å². The first kappa shape index (κ1) is 28.0. The van der Waals surface area contributed by atoms with Gasteiger partial charge in [0.25, 0.3) is 5.91 Å². The molecule has 212 valence electrons. The van der Waals surface area contributed by atoms with Crippen molar-refractivity contribution >= 4 is 17.6 Å². The zero-order chi connectivity index (χ0) is 29.6. The first-order valence-electron chi connectivity index (χ1n) is 13.1. The van der Waals surface area contributed by atoms with Gasteiger partial charge in [0.15, 0.2) is 0 Å². The van der Waals surface area contributed by atoms with Crippen molar-refractivity contribution in [3.63, 3.8) is 0 Å². The topological polar surface area (TPSA) is 101 Å². The van der Waals surface area contributed by atoms with Gasteiger partial charge < -0.3 is 24.3 Å². The number of ether oxygens (including phenoxy) is 4. The average molecular weight is 564 g/mol. The van der Waals surface area contributed by atoms with Gasteiger partial charge in [-0.3, -0.25) is 9.59 Å². The fourth-order valence-electron chi connectivity index (χ4n) is 4.57. The molecule has 0 bridgehead atoms. The molecule has 5 rings (SSSR count). The lowest BCUT2D eigenvalue weighted by Crippen LogP contribution is -2.13. The highest BCUT2D eigenvalue weighted by Gasteiger charge is 2.26. The lowest BCUT2D eigenvalue weighted by molar-refractivity contribution is -0.132. The smallest absolute Gasteiger partial charge is 0.309 e. The summed E-state index contributed by atoms with van der Waals surface area (Å²) in [7, 11) is 4.67. The molecule has 0 aliphatic carbocycles. The van der Waals surface area contributed by atoms with Gasteiger partial charge in [0.05, 0.1) is 38.1 Å². The molecule has 5 aromatic rings. The number of rotatable bonds is 9. The van der Waals surface area contributed by atoms with Crippen LogP contribution in [0.3, 0.4) is 0 Å². The first-order valence-corrected chi connectivity index (χ1v) is 13.1. The fraction of sp³-hybridized carbons (Fsp3) is 0.121. The molecule has 1 aromatic heterocycles. The van der Waals surface area contributed by atoms with Gasteiger partial charge in [-0.2, -0.15) is 9.78 Å². The third kappa shape index (κ3) is 5.66. The number of benzene rings is 4. The molecular weight excluding hydrogens is 534 g/mol. The van der Waals surface area contributed by atoms with Gasteiger partial charge in [-0.15, -0.1) is 0 Å². The molecule has 0 aliphatic heterocycles. The van der Waals surface area contributed by atoms with Crippen LogP contribution >= 0.6 is 0 Å². The van der Waals surface area contributed by atoms with Gasteiger partial charge in [0.1, 0.15) is 22.9 Å². The standard InChI is InChI=1S/C33H29N3O6/c1-21(37)42-33-30(22-14-16-23(17-15-22)34-32(38)27-12-8-9-13-28(27)40-3)31(35-36(33)24-10-6-5-7-11-24)26-19-18-25(39-2)20-29(26)41-4/h5-20H,1-4H3,(H,34,38). The highest BCUT2D eigenvalue weighted by atomic mass is 16.5. The number of nitrogens with one attached hydrogen (secondary N) is 1. The van der Waals surface area contributed by atoms with Gasteiger partial charge in [0, 0.05) is 24.2 Å². The van der Waals surface area contributed by atoms with Crippen LogP contribution in [0.25, 0.3) is 28.1 Å². The summed E-state index contributed by atoms with van der Waals surface area (Å²) in [5, 5.41) is 7.82. The maximum atomic E-state index is 13.0. The molecule has 0 spiro atoms. The Morgan fingerprint density at radius 2 is 1.45 bits per heavy atom. The maximum absolute atomic E-state index is 13.0. The second-order valence-corrected chi connectivity index (χ2v) is 9.17. The van der Waals surface area contributed by atoms with Crippen molar-refractivity contribution in [3.05, 3.63) is 103 Å². The third-order valence-corrected chi connectivity index (χ3v) is 6.53. The average Bonchev–Trinajstić information content (AvgIpc) is 3.39. The minimum atomic E-state index is -0.498. The van der Waals surface area contributed by atoms with Crippen molar-refractivity contribution in [3.8, 4) is 51.2 Å². The molecule has 0 saturated heterocycles. The summed E-state index contributed by atoms with van der Waals surface area (Å²) in [4.78, 5) is 25.3. The van der Waals surface area contributed by atoms with Gasteiger partial charge >= 0.3 is 5.97 Å². The Kier molecular flexibility index (Phi) is 8.19. The zero-order valence-corrected chi connectivity index (χ0v) is 23.6. The van der Waals surface area contributed by atoms with Gasteiger partial charge in [0.2, 0.25) is 5.88 Å². The summed E-state index contributed by atoms with van der Waals surface area (Å²) >= 11 is 0. The molecule has 0 unspecified atom stereocenters. The zero-order valence-electron chi connectivity index (χ0n) is 23.6. The molecule has 42 heavy (non-hydrogen) atoms. The maximum Gasteiger partial charge on any atom is 0.309 e. The lowest BCUT2D eigenvalue weighted by Gasteiger charge is -2.12. The highest BCUT2D eigenvalue weighted by Crippen LogP contribution is 2.44. The fourth-order valence-corrected chi connectivity index (χ4v) is 4.57.